The van der Waals surface area contributed by atoms with Crippen LogP contribution in [0.2, 0.25) is 5.15 Å². The fraction of sp³-hybridized carbons (Fsp3) is 0.636. The molecule has 0 atom stereocenters. The lowest BCUT2D eigenvalue weighted by molar-refractivity contribution is 0.215. The van der Waals surface area contributed by atoms with Crippen molar-refractivity contribution in [2.75, 3.05) is 5.32 Å². The Morgan fingerprint density at radius 2 is 2.13 bits per heavy atom. The van der Waals surface area contributed by atoms with E-state index in [0.717, 1.165) is 11.7 Å². The van der Waals surface area contributed by atoms with Crippen molar-refractivity contribution in [3.8, 4) is 0 Å². The third-order valence-electron chi connectivity index (χ3n) is 3.21. The van der Waals surface area contributed by atoms with E-state index >= 15 is 0 Å². The average molecular weight is 226 g/mol. The molecule has 3 nitrogen and oxygen atoms in total. The van der Waals surface area contributed by atoms with Crippen molar-refractivity contribution in [3.05, 3.63) is 17.5 Å². The summed E-state index contributed by atoms with van der Waals surface area (Å²) in [5, 5.41) is 3.91. The van der Waals surface area contributed by atoms with Gasteiger partial charge in [-0.05, 0) is 32.6 Å². The topological polar surface area (TPSA) is 37.8 Å². The summed E-state index contributed by atoms with van der Waals surface area (Å²) < 4.78 is 0. The first-order chi connectivity index (χ1) is 7.08. The van der Waals surface area contributed by atoms with Crippen molar-refractivity contribution in [1.29, 1.82) is 0 Å². The standard InChI is InChI=1S/C11H16ClN3/c1-11(2,8-4-3-5-8)15-10-6-9(12)13-7-14-10/h6-8H,3-5H2,1-2H3,(H,13,14,15). The van der Waals surface area contributed by atoms with Gasteiger partial charge < -0.3 is 5.32 Å². The second-order valence-corrected chi connectivity index (χ2v) is 5.09. The number of hydrogen-bond donors (Lipinski definition) is 1. The second-order valence-electron chi connectivity index (χ2n) is 4.70. The van der Waals surface area contributed by atoms with Gasteiger partial charge in [-0.2, -0.15) is 0 Å². The molecule has 1 saturated carbocycles. The minimum Gasteiger partial charge on any atom is -0.365 e. The van der Waals surface area contributed by atoms with E-state index < -0.39 is 0 Å². The van der Waals surface area contributed by atoms with Gasteiger partial charge in [0.15, 0.2) is 0 Å². The first kappa shape index (κ1) is 10.7. The molecule has 0 bridgehead atoms. The number of hydrogen-bond acceptors (Lipinski definition) is 3. The number of nitrogens with one attached hydrogen (secondary N) is 1. The number of anilines is 1. The summed E-state index contributed by atoms with van der Waals surface area (Å²) in [5.74, 6) is 1.55. The van der Waals surface area contributed by atoms with Gasteiger partial charge in [0.1, 0.15) is 17.3 Å². The Labute approximate surface area is 95.3 Å². The van der Waals surface area contributed by atoms with Gasteiger partial charge in [-0.1, -0.05) is 18.0 Å². The Morgan fingerprint density at radius 1 is 1.40 bits per heavy atom. The van der Waals surface area contributed by atoms with Gasteiger partial charge in [-0.3, -0.25) is 0 Å². The lowest BCUT2D eigenvalue weighted by Crippen LogP contribution is -2.43. The van der Waals surface area contributed by atoms with Crippen LogP contribution in [0.4, 0.5) is 5.82 Å². The van der Waals surface area contributed by atoms with Crippen LogP contribution in [0.1, 0.15) is 33.1 Å². The molecule has 1 aliphatic carbocycles. The summed E-state index contributed by atoms with van der Waals surface area (Å²) in [7, 11) is 0. The summed E-state index contributed by atoms with van der Waals surface area (Å²) in [4.78, 5) is 8.02. The molecule has 0 unspecified atom stereocenters. The highest BCUT2D eigenvalue weighted by atomic mass is 35.5. The first-order valence-corrected chi connectivity index (χ1v) is 5.71. The molecule has 2 rings (SSSR count). The lowest BCUT2D eigenvalue weighted by Gasteiger charge is -2.41. The summed E-state index contributed by atoms with van der Waals surface area (Å²) in [6.07, 6.45) is 5.44. The molecule has 0 saturated heterocycles. The van der Waals surface area contributed by atoms with E-state index in [9.17, 15) is 0 Å². The third-order valence-corrected chi connectivity index (χ3v) is 3.42. The van der Waals surface area contributed by atoms with Crippen LogP contribution in [-0.2, 0) is 0 Å². The molecule has 0 spiro atoms. The van der Waals surface area contributed by atoms with Crippen molar-refractivity contribution >= 4 is 17.4 Å². The number of rotatable bonds is 3. The number of nitrogens with zero attached hydrogens (tertiary/aromatic N) is 2. The normalized spacial score (nSPS) is 17.3. The predicted octanol–water partition coefficient (Wildman–Crippen LogP) is 3.12. The zero-order valence-electron chi connectivity index (χ0n) is 9.13. The Kier molecular flexibility index (Phi) is 2.83. The van der Waals surface area contributed by atoms with E-state index in [0.29, 0.717) is 5.15 Å². The van der Waals surface area contributed by atoms with E-state index in [-0.39, 0.29) is 5.54 Å². The fourth-order valence-corrected chi connectivity index (χ4v) is 2.11. The zero-order valence-corrected chi connectivity index (χ0v) is 9.88. The zero-order chi connectivity index (χ0) is 10.9. The van der Waals surface area contributed by atoms with Crippen molar-refractivity contribution in [3.63, 3.8) is 0 Å². The van der Waals surface area contributed by atoms with Gasteiger partial charge in [-0.15, -0.1) is 0 Å². The molecule has 4 heteroatoms. The van der Waals surface area contributed by atoms with Crippen LogP contribution < -0.4 is 5.32 Å². The molecule has 1 aromatic rings. The summed E-state index contributed by atoms with van der Waals surface area (Å²) >= 11 is 5.81. The molecule has 1 aliphatic rings. The van der Waals surface area contributed by atoms with Gasteiger partial charge in [0.2, 0.25) is 0 Å². The van der Waals surface area contributed by atoms with Crippen LogP contribution >= 0.6 is 11.6 Å². The molecule has 1 N–H and O–H groups in total. The first-order valence-electron chi connectivity index (χ1n) is 5.34. The summed E-state index contributed by atoms with van der Waals surface area (Å²) in [5.41, 5.74) is 0.0932. The van der Waals surface area contributed by atoms with E-state index in [4.69, 9.17) is 11.6 Å². The Hall–Kier alpha value is -0.830. The molecule has 0 aliphatic heterocycles. The molecule has 0 radical (unpaired) electrons. The summed E-state index contributed by atoms with van der Waals surface area (Å²) in [6, 6.07) is 1.77. The van der Waals surface area contributed by atoms with Crippen LogP contribution in [-0.4, -0.2) is 15.5 Å². The fourth-order valence-electron chi connectivity index (χ4n) is 1.96. The number of aromatic nitrogens is 2. The molecular weight excluding hydrogens is 210 g/mol. The lowest BCUT2D eigenvalue weighted by atomic mass is 9.72. The molecule has 0 aromatic carbocycles. The van der Waals surface area contributed by atoms with Crippen molar-refractivity contribution in [2.24, 2.45) is 5.92 Å². The van der Waals surface area contributed by atoms with Crippen LogP contribution in [0.3, 0.4) is 0 Å². The largest absolute Gasteiger partial charge is 0.365 e. The maximum Gasteiger partial charge on any atom is 0.134 e. The van der Waals surface area contributed by atoms with Gasteiger partial charge in [0.05, 0.1) is 0 Å². The van der Waals surface area contributed by atoms with E-state index in [1.165, 1.54) is 25.6 Å². The maximum atomic E-state index is 5.81. The van der Waals surface area contributed by atoms with Crippen molar-refractivity contribution < 1.29 is 0 Å². The SMILES string of the molecule is CC(C)(Nc1cc(Cl)ncn1)C1CCC1. The van der Waals surface area contributed by atoms with E-state index in [2.05, 4.69) is 29.1 Å². The van der Waals surface area contributed by atoms with Crippen LogP contribution in [0.25, 0.3) is 0 Å². The summed E-state index contributed by atoms with van der Waals surface area (Å²) in [6.45, 7) is 4.43. The highest BCUT2D eigenvalue weighted by Gasteiger charge is 2.33. The molecule has 1 heterocycles. The molecule has 1 fully saturated rings. The highest BCUT2D eigenvalue weighted by molar-refractivity contribution is 6.29. The van der Waals surface area contributed by atoms with E-state index in [1.807, 2.05) is 0 Å². The van der Waals surface area contributed by atoms with Crippen LogP contribution in [0, 0.1) is 5.92 Å². The Morgan fingerprint density at radius 3 is 2.67 bits per heavy atom. The highest BCUT2D eigenvalue weighted by Crippen LogP contribution is 2.37. The Balaban J connectivity index is 2.06. The quantitative estimate of drug-likeness (QED) is 0.804. The maximum absolute atomic E-state index is 5.81. The Bertz CT molecular complexity index is 347. The van der Waals surface area contributed by atoms with Gasteiger partial charge in [0, 0.05) is 11.6 Å². The van der Waals surface area contributed by atoms with Crippen molar-refractivity contribution in [1.82, 2.24) is 9.97 Å². The predicted molar refractivity (Wildman–Crippen MR) is 62.1 cm³/mol. The van der Waals surface area contributed by atoms with Crippen LogP contribution in [0.15, 0.2) is 12.4 Å². The van der Waals surface area contributed by atoms with Gasteiger partial charge in [0.25, 0.3) is 0 Å². The van der Waals surface area contributed by atoms with Crippen molar-refractivity contribution in [2.45, 2.75) is 38.6 Å². The average Bonchev–Trinajstić information content (AvgIpc) is 1.97. The second kappa shape index (κ2) is 3.97. The molecule has 15 heavy (non-hydrogen) atoms. The molecule has 0 amide bonds. The molecular formula is C11H16ClN3. The number of halogens is 1. The molecule has 82 valence electrons. The third kappa shape index (κ3) is 2.40. The smallest absolute Gasteiger partial charge is 0.134 e. The monoisotopic (exact) mass is 225 g/mol. The van der Waals surface area contributed by atoms with Gasteiger partial charge >= 0.3 is 0 Å². The minimum atomic E-state index is 0.0932. The van der Waals surface area contributed by atoms with Gasteiger partial charge in [-0.25, -0.2) is 9.97 Å². The van der Waals surface area contributed by atoms with E-state index in [1.54, 1.807) is 6.07 Å². The van der Waals surface area contributed by atoms with Crippen LogP contribution in [0.5, 0.6) is 0 Å². The minimum absolute atomic E-state index is 0.0932. The molecule has 1 aromatic heterocycles.